The third-order valence-electron chi connectivity index (χ3n) is 3.52. The van der Waals surface area contributed by atoms with Crippen molar-refractivity contribution in [3.8, 4) is 5.75 Å². The second-order valence-electron chi connectivity index (χ2n) is 5.83. The summed E-state index contributed by atoms with van der Waals surface area (Å²) in [5.74, 6) is 0.374. The Bertz CT molecular complexity index is 893. The maximum atomic E-state index is 11.9. The third-order valence-corrected chi connectivity index (χ3v) is 4.66. The van der Waals surface area contributed by atoms with Crippen molar-refractivity contribution < 1.29 is 9.53 Å². The number of nitrogens with zero attached hydrogens (tertiary/aromatic N) is 2. The third kappa shape index (κ3) is 4.42. The van der Waals surface area contributed by atoms with Gasteiger partial charge in [0, 0.05) is 0 Å². The molecule has 0 bridgehead atoms. The Balaban J connectivity index is 1.59. The number of rotatable bonds is 5. The van der Waals surface area contributed by atoms with Gasteiger partial charge in [-0.25, -0.2) is 10.4 Å². The van der Waals surface area contributed by atoms with Crippen molar-refractivity contribution in [3.63, 3.8) is 0 Å². The average molecular weight is 353 g/mol. The van der Waals surface area contributed by atoms with E-state index in [1.165, 1.54) is 0 Å². The van der Waals surface area contributed by atoms with Crippen LogP contribution in [0.3, 0.4) is 0 Å². The van der Waals surface area contributed by atoms with Gasteiger partial charge in [0.05, 0.1) is 15.9 Å². The first-order valence-electron chi connectivity index (χ1n) is 7.91. The van der Waals surface area contributed by atoms with Crippen LogP contribution in [0.4, 0.5) is 0 Å². The summed E-state index contributed by atoms with van der Waals surface area (Å²) in [4.78, 5) is 16.4. The zero-order chi connectivity index (χ0) is 17.8. The molecule has 3 aromatic rings. The van der Waals surface area contributed by atoms with Crippen LogP contribution in [-0.2, 0) is 4.79 Å². The molecule has 0 spiro atoms. The Hall–Kier alpha value is -2.73. The Morgan fingerprint density at radius 3 is 2.64 bits per heavy atom. The lowest BCUT2D eigenvalue weighted by molar-refractivity contribution is -0.123. The quantitative estimate of drug-likeness (QED) is 0.560. The van der Waals surface area contributed by atoms with Crippen molar-refractivity contribution in [2.75, 3.05) is 6.61 Å². The molecule has 0 radical (unpaired) electrons. The van der Waals surface area contributed by atoms with Crippen molar-refractivity contribution in [3.05, 3.63) is 58.6 Å². The predicted molar refractivity (Wildman–Crippen MR) is 101 cm³/mol. The maximum Gasteiger partial charge on any atom is 0.277 e. The number of aryl methyl sites for hydroxylation is 2. The molecular formula is C19H19N3O2S. The average Bonchev–Trinajstić information content (AvgIpc) is 3.01. The first kappa shape index (κ1) is 17.1. The maximum absolute atomic E-state index is 11.9. The predicted octanol–water partition coefficient (Wildman–Crippen LogP) is 3.83. The van der Waals surface area contributed by atoms with Gasteiger partial charge in [-0.1, -0.05) is 18.2 Å². The molecule has 128 valence electrons. The van der Waals surface area contributed by atoms with Crippen LogP contribution in [0.25, 0.3) is 10.2 Å². The lowest BCUT2D eigenvalue weighted by Crippen LogP contribution is -2.25. The van der Waals surface area contributed by atoms with Crippen LogP contribution in [-0.4, -0.2) is 23.2 Å². The standard InChI is InChI=1S/C19H19N3O2S/c1-12-8-13(2)10-15(9-12)24-11-18(23)22-21-14(3)19-20-16-6-4-5-7-17(16)25-19/h4-10H,11H2,1-3H3,(H,22,23)/b21-14-. The van der Waals surface area contributed by atoms with Crippen LogP contribution in [0.5, 0.6) is 5.75 Å². The Kier molecular flexibility index (Phi) is 5.09. The zero-order valence-corrected chi connectivity index (χ0v) is 15.2. The summed E-state index contributed by atoms with van der Waals surface area (Å²) in [6, 6.07) is 13.7. The number of hydrazone groups is 1. The lowest BCUT2D eigenvalue weighted by atomic mass is 10.1. The largest absolute Gasteiger partial charge is 0.484 e. The van der Waals surface area contributed by atoms with E-state index in [-0.39, 0.29) is 12.5 Å². The summed E-state index contributed by atoms with van der Waals surface area (Å²) in [5, 5.41) is 4.91. The van der Waals surface area contributed by atoms with Gasteiger partial charge in [0.1, 0.15) is 10.8 Å². The Labute approximate surface area is 150 Å². The Morgan fingerprint density at radius 2 is 1.92 bits per heavy atom. The molecule has 0 unspecified atom stereocenters. The number of hydrogen-bond donors (Lipinski definition) is 1. The van der Waals surface area contributed by atoms with Crippen molar-refractivity contribution in [2.45, 2.75) is 20.8 Å². The number of carbonyl (C=O) groups is 1. The van der Waals surface area contributed by atoms with E-state index in [1.807, 2.05) is 57.2 Å². The first-order valence-corrected chi connectivity index (χ1v) is 8.73. The second kappa shape index (κ2) is 7.44. The molecule has 0 fully saturated rings. The molecule has 0 saturated heterocycles. The highest BCUT2D eigenvalue weighted by molar-refractivity contribution is 7.20. The molecule has 25 heavy (non-hydrogen) atoms. The molecule has 2 aromatic carbocycles. The number of ether oxygens (including phenoxy) is 1. The van der Waals surface area contributed by atoms with E-state index in [1.54, 1.807) is 11.3 Å². The van der Waals surface area contributed by atoms with Gasteiger partial charge < -0.3 is 4.74 Å². The van der Waals surface area contributed by atoms with Crippen molar-refractivity contribution >= 4 is 33.2 Å². The van der Waals surface area contributed by atoms with E-state index < -0.39 is 0 Å². The molecule has 1 N–H and O–H groups in total. The number of thiazole rings is 1. The SMILES string of the molecule is C/C(=N/NC(=O)COc1cc(C)cc(C)c1)c1nc2ccccc2s1. The molecule has 0 aliphatic heterocycles. The molecule has 0 aliphatic carbocycles. The van der Waals surface area contributed by atoms with Crippen LogP contribution in [0.15, 0.2) is 47.6 Å². The molecule has 0 aliphatic rings. The van der Waals surface area contributed by atoms with Crippen LogP contribution >= 0.6 is 11.3 Å². The van der Waals surface area contributed by atoms with Gasteiger partial charge in [0.15, 0.2) is 6.61 Å². The number of benzene rings is 2. The van der Waals surface area contributed by atoms with Crippen LogP contribution in [0.1, 0.15) is 23.1 Å². The Morgan fingerprint density at radius 1 is 1.20 bits per heavy atom. The molecule has 0 saturated carbocycles. The molecule has 0 atom stereocenters. The lowest BCUT2D eigenvalue weighted by Gasteiger charge is -2.07. The molecule has 3 rings (SSSR count). The van der Waals surface area contributed by atoms with Gasteiger partial charge in [-0.3, -0.25) is 4.79 Å². The van der Waals surface area contributed by atoms with E-state index in [9.17, 15) is 4.79 Å². The number of nitrogens with one attached hydrogen (secondary N) is 1. The van der Waals surface area contributed by atoms with Crippen LogP contribution in [0, 0.1) is 13.8 Å². The normalized spacial score (nSPS) is 11.6. The summed E-state index contributed by atoms with van der Waals surface area (Å²) in [6.45, 7) is 5.72. The molecular weight excluding hydrogens is 334 g/mol. The highest BCUT2D eigenvalue weighted by atomic mass is 32.1. The number of fused-ring (bicyclic) bond motifs is 1. The number of hydrogen-bond acceptors (Lipinski definition) is 5. The van der Waals surface area contributed by atoms with E-state index in [2.05, 4.69) is 21.6 Å². The van der Waals surface area contributed by atoms with Crippen LogP contribution in [0.2, 0.25) is 0 Å². The second-order valence-corrected chi connectivity index (χ2v) is 6.86. The summed E-state index contributed by atoms with van der Waals surface area (Å²) in [6.07, 6.45) is 0. The highest BCUT2D eigenvalue weighted by Crippen LogP contribution is 2.21. The van der Waals surface area contributed by atoms with Crippen molar-refractivity contribution in [2.24, 2.45) is 5.10 Å². The fourth-order valence-corrected chi connectivity index (χ4v) is 3.33. The smallest absolute Gasteiger partial charge is 0.277 e. The van der Waals surface area contributed by atoms with Gasteiger partial charge in [-0.2, -0.15) is 5.10 Å². The van der Waals surface area contributed by atoms with Crippen molar-refractivity contribution in [1.29, 1.82) is 0 Å². The van der Waals surface area contributed by atoms with Gasteiger partial charge in [0.25, 0.3) is 5.91 Å². The first-order chi connectivity index (χ1) is 12.0. The molecule has 1 amide bonds. The number of amides is 1. The number of carbonyl (C=O) groups excluding carboxylic acids is 1. The van der Waals surface area contributed by atoms with E-state index in [0.717, 1.165) is 26.4 Å². The summed E-state index contributed by atoms with van der Waals surface area (Å²) >= 11 is 1.55. The zero-order valence-electron chi connectivity index (χ0n) is 14.4. The summed E-state index contributed by atoms with van der Waals surface area (Å²) in [5.41, 5.74) is 6.31. The molecule has 6 heteroatoms. The minimum absolute atomic E-state index is 0.0838. The number of aromatic nitrogens is 1. The van der Waals surface area contributed by atoms with E-state index >= 15 is 0 Å². The summed E-state index contributed by atoms with van der Waals surface area (Å²) in [7, 11) is 0. The monoisotopic (exact) mass is 353 g/mol. The minimum Gasteiger partial charge on any atom is -0.484 e. The van der Waals surface area contributed by atoms with E-state index in [0.29, 0.717) is 11.5 Å². The fraction of sp³-hybridized carbons (Fsp3) is 0.211. The van der Waals surface area contributed by atoms with Gasteiger partial charge in [-0.05, 0) is 56.2 Å². The van der Waals surface area contributed by atoms with Crippen molar-refractivity contribution in [1.82, 2.24) is 10.4 Å². The fourth-order valence-electron chi connectivity index (χ4n) is 2.42. The molecule has 5 nitrogen and oxygen atoms in total. The van der Waals surface area contributed by atoms with Gasteiger partial charge >= 0.3 is 0 Å². The summed E-state index contributed by atoms with van der Waals surface area (Å²) < 4.78 is 6.62. The van der Waals surface area contributed by atoms with E-state index in [4.69, 9.17) is 4.74 Å². The van der Waals surface area contributed by atoms with Crippen LogP contribution < -0.4 is 10.2 Å². The van der Waals surface area contributed by atoms with Gasteiger partial charge in [0.2, 0.25) is 0 Å². The molecule has 1 heterocycles. The molecule has 1 aromatic heterocycles. The topological polar surface area (TPSA) is 63.6 Å². The number of para-hydroxylation sites is 1. The highest BCUT2D eigenvalue weighted by Gasteiger charge is 2.07. The minimum atomic E-state index is -0.306. The van der Waals surface area contributed by atoms with Gasteiger partial charge in [-0.15, -0.1) is 11.3 Å².